The lowest BCUT2D eigenvalue weighted by atomic mass is 10.1. The minimum atomic E-state index is 0. The molecular formula is C16H20ClNO. The Morgan fingerprint density at radius 2 is 1.53 bits per heavy atom. The van der Waals surface area contributed by atoms with Gasteiger partial charge in [0, 0.05) is 6.54 Å². The lowest BCUT2D eigenvalue weighted by Gasteiger charge is -2.07. The summed E-state index contributed by atoms with van der Waals surface area (Å²) < 4.78 is 5.64. The van der Waals surface area contributed by atoms with Crippen LogP contribution in [0.25, 0.3) is 11.1 Å². The van der Waals surface area contributed by atoms with Gasteiger partial charge in [-0.3, -0.25) is 0 Å². The number of hydrogen-bond donors (Lipinski definition) is 1. The molecule has 19 heavy (non-hydrogen) atoms. The van der Waals surface area contributed by atoms with Crippen LogP contribution in [-0.4, -0.2) is 19.7 Å². The summed E-state index contributed by atoms with van der Waals surface area (Å²) in [6.07, 6.45) is 0. The Labute approximate surface area is 121 Å². The summed E-state index contributed by atoms with van der Waals surface area (Å²) in [5.41, 5.74) is 2.45. The fourth-order valence-electron chi connectivity index (χ4n) is 1.79. The summed E-state index contributed by atoms with van der Waals surface area (Å²) in [5, 5.41) is 3.23. The van der Waals surface area contributed by atoms with Gasteiger partial charge in [0.05, 0.1) is 0 Å². The first-order chi connectivity index (χ1) is 8.90. The molecule has 0 aliphatic rings. The highest BCUT2D eigenvalue weighted by Crippen LogP contribution is 2.21. The average molecular weight is 278 g/mol. The summed E-state index contributed by atoms with van der Waals surface area (Å²) in [7, 11) is 0. The number of hydrogen-bond acceptors (Lipinski definition) is 2. The molecule has 2 nitrogen and oxygen atoms in total. The van der Waals surface area contributed by atoms with E-state index in [1.165, 1.54) is 11.1 Å². The molecule has 102 valence electrons. The average Bonchev–Trinajstić information content (AvgIpc) is 2.45. The monoisotopic (exact) mass is 277 g/mol. The molecule has 0 spiro atoms. The predicted molar refractivity (Wildman–Crippen MR) is 83.2 cm³/mol. The molecule has 0 heterocycles. The molecule has 0 atom stereocenters. The number of rotatable bonds is 6. The Morgan fingerprint density at radius 1 is 0.895 bits per heavy atom. The molecule has 0 saturated carbocycles. The standard InChI is InChI=1S/C16H19NO.ClH/c1-2-17-12-13-18-16-10-8-15(9-11-16)14-6-4-3-5-7-14;/h3-11,17H,2,12-13H2,1H3;1H. The van der Waals surface area contributed by atoms with Crippen LogP contribution in [-0.2, 0) is 0 Å². The van der Waals surface area contributed by atoms with Crippen LogP contribution < -0.4 is 10.1 Å². The zero-order chi connectivity index (χ0) is 12.6. The lowest BCUT2D eigenvalue weighted by Crippen LogP contribution is -2.20. The molecule has 0 radical (unpaired) electrons. The van der Waals surface area contributed by atoms with Crippen LogP contribution in [0.2, 0.25) is 0 Å². The van der Waals surface area contributed by atoms with Crippen molar-refractivity contribution >= 4 is 12.4 Å². The molecule has 0 amide bonds. The second-order valence-electron chi connectivity index (χ2n) is 4.09. The number of benzene rings is 2. The summed E-state index contributed by atoms with van der Waals surface area (Å²) in [6, 6.07) is 18.6. The van der Waals surface area contributed by atoms with Crippen LogP contribution in [0.5, 0.6) is 5.75 Å². The maximum atomic E-state index is 5.64. The SMILES string of the molecule is CCNCCOc1ccc(-c2ccccc2)cc1.Cl. The van der Waals surface area contributed by atoms with E-state index in [0.29, 0.717) is 6.61 Å². The van der Waals surface area contributed by atoms with E-state index >= 15 is 0 Å². The van der Waals surface area contributed by atoms with Gasteiger partial charge in [-0.15, -0.1) is 12.4 Å². The van der Waals surface area contributed by atoms with Crippen molar-refractivity contribution in [1.82, 2.24) is 5.32 Å². The molecule has 0 aliphatic heterocycles. The molecule has 0 saturated heterocycles. The molecule has 1 N–H and O–H groups in total. The highest BCUT2D eigenvalue weighted by Gasteiger charge is 1.97. The van der Waals surface area contributed by atoms with E-state index in [1.807, 2.05) is 18.2 Å². The lowest BCUT2D eigenvalue weighted by molar-refractivity contribution is 0.315. The van der Waals surface area contributed by atoms with Crippen molar-refractivity contribution in [2.24, 2.45) is 0 Å². The topological polar surface area (TPSA) is 21.3 Å². The Bertz CT molecular complexity index is 456. The third-order valence-corrected chi connectivity index (χ3v) is 2.76. The van der Waals surface area contributed by atoms with Crippen LogP contribution in [0.15, 0.2) is 54.6 Å². The molecule has 0 unspecified atom stereocenters. The van der Waals surface area contributed by atoms with Crippen LogP contribution in [0, 0.1) is 0 Å². The minimum Gasteiger partial charge on any atom is -0.492 e. The third-order valence-electron chi connectivity index (χ3n) is 2.76. The van der Waals surface area contributed by atoms with Crippen molar-refractivity contribution in [3.63, 3.8) is 0 Å². The fourth-order valence-corrected chi connectivity index (χ4v) is 1.79. The van der Waals surface area contributed by atoms with Gasteiger partial charge >= 0.3 is 0 Å². The van der Waals surface area contributed by atoms with E-state index < -0.39 is 0 Å². The largest absolute Gasteiger partial charge is 0.492 e. The van der Waals surface area contributed by atoms with Crippen molar-refractivity contribution in [1.29, 1.82) is 0 Å². The van der Waals surface area contributed by atoms with Gasteiger partial charge < -0.3 is 10.1 Å². The molecule has 3 heteroatoms. The normalized spacial score (nSPS) is 9.74. The smallest absolute Gasteiger partial charge is 0.119 e. The molecule has 0 bridgehead atoms. The maximum absolute atomic E-state index is 5.64. The van der Waals surface area contributed by atoms with E-state index in [2.05, 4.69) is 48.6 Å². The third kappa shape index (κ3) is 4.93. The fraction of sp³-hybridized carbons (Fsp3) is 0.250. The van der Waals surface area contributed by atoms with Crippen molar-refractivity contribution in [3.05, 3.63) is 54.6 Å². The van der Waals surface area contributed by atoms with E-state index in [9.17, 15) is 0 Å². The van der Waals surface area contributed by atoms with Crippen LogP contribution in [0.4, 0.5) is 0 Å². The summed E-state index contributed by atoms with van der Waals surface area (Å²) in [6.45, 7) is 4.67. The highest BCUT2D eigenvalue weighted by atomic mass is 35.5. The highest BCUT2D eigenvalue weighted by molar-refractivity contribution is 5.85. The van der Waals surface area contributed by atoms with E-state index in [0.717, 1.165) is 18.8 Å². The molecule has 2 aromatic rings. The van der Waals surface area contributed by atoms with Gasteiger partial charge in [0.2, 0.25) is 0 Å². The Kier molecular flexibility index (Phi) is 7.01. The molecule has 0 fully saturated rings. The molecule has 0 aliphatic carbocycles. The van der Waals surface area contributed by atoms with Gasteiger partial charge in [-0.25, -0.2) is 0 Å². The summed E-state index contributed by atoms with van der Waals surface area (Å²) >= 11 is 0. The molecular weight excluding hydrogens is 258 g/mol. The predicted octanol–water partition coefficient (Wildman–Crippen LogP) is 3.76. The van der Waals surface area contributed by atoms with Crippen LogP contribution in [0.3, 0.4) is 0 Å². The molecule has 2 rings (SSSR count). The van der Waals surface area contributed by atoms with Crippen LogP contribution in [0.1, 0.15) is 6.92 Å². The van der Waals surface area contributed by atoms with Crippen LogP contribution >= 0.6 is 12.4 Å². The first kappa shape index (κ1) is 15.5. The van der Waals surface area contributed by atoms with Gasteiger partial charge in [0.15, 0.2) is 0 Å². The molecule has 2 aromatic carbocycles. The molecule has 0 aromatic heterocycles. The zero-order valence-electron chi connectivity index (χ0n) is 11.1. The second-order valence-corrected chi connectivity index (χ2v) is 4.09. The Balaban J connectivity index is 0.00000180. The van der Waals surface area contributed by atoms with Gasteiger partial charge in [-0.05, 0) is 29.8 Å². The minimum absolute atomic E-state index is 0. The van der Waals surface area contributed by atoms with Crippen molar-refractivity contribution < 1.29 is 4.74 Å². The summed E-state index contributed by atoms with van der Waals surface area (Å²) in [4.78, 5) is 0. The van der Waals surface area contributed by atoms with Gasteiger partial charge in [0.25, 0.3) is 0 Å². The van der Waals surface area contributed by atoms with Crippen molar-refractivity contribution in [3.8, 4) is 16.9 Å². The number of likely N-dealkylation sites (N-methyl/N-ethyl adjacent to an activating group) is 1. The second kappa shape index (κ2) is 8.57. The van der Waals surface area contributed by atoms with E-state index in [1.54, 1.807) is 0 Å². The quantitative estimate of drug-likeness (QED) is 0.812. The zero-order valence-corrected chi connectivity index (χ0v) is 12.0. The van der Waals surface area contributed by atoms with Crippen molar-refractivity contribution in [2.45, 2.75) is 6.92 Å². The van der Waals surface area contributed by atoms with Gasteiger partial charge in [-0.1, -0.05) is 49.4 Å². The Morgan fingerprint density at radius 3 is 2.16 bits per heavy atom. The summed E-state index contributed by atoms with van der Waals surface area (Å²) in [5.74, 6) is 0.924. The van der Waals surface area contributed by atoms with Gasteiger partial charge in [-0.2, -0.15) is 0 Å². The van der Waals surface area contributed by atoms with E-state index in [4.69, 9.17) is 4.74 Å². The number of ether oxygens (including phenoxy) is 1. The maximum Gasteiger partial charge on any atom is 0.119 e. The van der Waals surface area contributed by atoms with E-state index in [-0.39, 0.29) is 12.4 Å². The first-order valence-corrected chi connectivity index (χ1v) is 6.39. The van der Waals surface area contributed by atoms with Crippen molar-refractivity contribution in [2.75, 3.05) is 19.7 Å². The van der Waals surface area contributed by atoms with Gasteiger partial charge in [0.1, 0.15) is 12.4 Å². The number of halogens is 1. The number of nitrogens with one attached hydrogen (secondary N) is 1. The Hall–Kier alpha value is -1.51. The first-order valence-electron chi connectivity index (χ1n) is 6.39.